The average molecular weight is 285 g/mol. The Balaban J connectivity index is 2.17. The normalized spacial score (nSPS) is 11.7. The number of rotatable bonds is 7. The van der Waals surface area contributed by atoms with Crippen molar-refractivity contribution in [2.24, 2.45) is 0 Å². The summed E-state index contributed by atoms with van der Waals surface area (Å²) in [5, 5.41) is 2.49. The predicted molar refractivity (Wildman–Crippen MR) is 92.5 cm³/mol. The van der Waals surface area contributed by atoms with Crippen LogP contribution in [0.4, 0.5) is 5.69 Å². The van der Waals surface area contributed by atoms with E-state index in [0.29, 0.717) is 0 Å². The van der Waals surface area contributed by atoms with Crippen LogP contribution < -0.4 is 5.73 Å². The summed E-state index contributed by atoms with van der Waals surface area (Å²) in [5.41, 5.74) is 8.39. The summed E-state index contributed by atoms with van der Waals surface area (Å²) in [6, 6.07) is 12.7. The van der Waals surface area contributed by atoms with Crippen LogP contribution in [-0.4, -0.2) is 43.5 Å². The summed E-state index contributed by atoms with van der Waals surface area (Å²) in [6.07, 6.45) is 1.17. The lowest BCUT2D eigenvalue weighted by atomic mass is 10.0. The number of nitrogen functional groups attached to an aromatic ring is 1. The molecule has 0 unspecified atom stereocenters. The van der Waals surface area contributed by atoms with Crippen molar-refractivity contribution in [2.45, 2.75) is 19.9 Å². The van der Waals surface area contributed by atoms with E-state index >= 15 is 0 Å². The standard InChI is InChI=1S/C18H27N3/c1-4-9-21(11-10-20(2)3)14-17-12-15-7-5-6-8-16(15)13-18(17)19/h5-8,12-13H,4,9-11,14,19H2,1-3H3. The number of nitrogens with zero attached hydrogens (tertiary/aromatic N) is 2. The minimum absolute atomic E-state index is 0.902. The second kappa shape index (κ2) is 7.43. The van der Waals surface area contributed by atoms with Gasteiger partial charge in [-0.15, -0.1) is 0 Å². The van der Waals surface area contributed by atoms with Gasteiger partial charge in [0.1, 0.15) is 0 Å². The summed E-state index contributed by atoms with van der Waals surface area (Å²) in [5.74, 6) is 0. The summed E-state index contributed by atoms with van der Waals surface area (Å²) in [4.78, 5) is 4.72. The van der Waals surface area contributed by atoms with Gasteiger partial charge in [0.05, 0.1) is 0 Å². The van der Waals surface area contributed by atoms with Crippen LogP contribution in [0, 0.1) is 0 Å². The molecule has 0 heterocycles. The predicted octanol–water partition coefficient (Wildman–Crippen LogP) is 3.20. The maximum atomic E-state index is 6.25. The van der Waals surface area contributed by atoms with E-state index in [1.165, 1.54) is 22.8 Å². The van der Waals surface area contributed by atoms with Crippen molar-refractivity contribution in [3.05, 3.63) is 42.0 Å². The number of anilines is 1. The Morgan fingerprint density at radius 3 is 2.24 bits per heavy atom. The third-order valence-corrected chi connectivity index (χ3v) is 3.80. The minimum Gasteiger partial charge on any atom is -0.398 e. The topological polar surface area (TPSA) is 32.5 Å². The molecule has 0 spiro atoms. The molecule has 0 saturated carbocycles. The number of likely N-dealkylation sites (N-methyl/N-ethyl adjacent to an activating group) is 1. The van der Waals surface area contributed by atoms with Crippen LogP contribution in [0.5, 0.6) is 0 Å². The molecule has 0 saturated heterocycles. The van der Waals surface area contributed by atoms with Gasteiger partial charge < -0.3 is 10.6 Å². The van der Waals surface area contributed by atoms with E-state index in [0.717, 1.165) is 31.9 Å². The average Bonchev–Trinajstić information content (AvgIpc) is 2.45. The Morgan fingerprint density at radius 1 is 0.952 bits per heavy atom. The van der Waals surface area contributed by atoms with Crippen molar-refractivity contribution >= 4 is 16.5 Å². The Kier molecular flexibility index (Phi) is 5.59. The summed E-state index contributed by atoms with van der Waals surface area (Å²) >= 11 is 0. The second-order valence-corrected chi connectivity index (χ2v) is 5.98. The first-order chi connectivity index (χ1) is 10.1. The van der Waals surface area contributed by atoms with E-state index in [2.05, 4.69) is 67.2 Å². The number of fused-ring (bicyclic) bond motifs is 1. The van der Waals surface area contributed by atoms with Gasteiger partial charge in [-0.3, -0.25) is 4.90 Å². The van der Waals surface area contributed by atoms with Crippen molar-refractivity contribution in [1.29, 1.82) is 0 Å². The third kappa shape index (κ3) is 4.45. The molecule has 0 aliphatic heterocycles. The highest BCUT2D eigenvalue weighted by atomic mass is 15.2. The van der Waals surface area contributed by atoms with Crippen LogP contribution in [0.3, 0.4) is 0 Å². The van der Waals surface area contributed by atoms with Gasteiger partial charge in [0, 0.05) is 25.3 Å². The van der Waals surface area contributed by atoms with Crippen LogP contribution >= 0.6 is 0 Å². The van der Waals surface area contributed by atoms with Crippen molar-refractivity contribution in [3.63, 3.8) is 0 Å². The maximum Gasteiger partial charge on any atom is 0.0366 e. The molecular weight excluding hydrogens is 258 g/mol. The first-order valence-electron chi connectivity index (χ1n) is 7.74. The Bertz CT molecular complexity index is 578. The molecule has 0 amide bonds. The zero-order valence-corrected chi connectivity index (χ0v) is 13.5. The Morgan fingerprint density at radius 2 is 1.62 bits per heavy atom. The van der Waals surface area contributed by atoms with Crippen molar-refractivity contribution < 1.29 is 0 Å². The van der Waals surface area contributed by atoms with Crippen molar-refractivity contribution in [1.82, 2.24) is 9.80 Å². The molecule has 0 aliphatic carbocycles. The lowest BCUT2D eigenvalue weighted by molar-refractivity contribution is 0.234. The van der Waals surface area contributed by atoms with Crippen molar-refractivity contribution in [3.8, 4) is 0 Å². The molecule has 0 aliphatic rings. The number of hydrogen-bond acceptors (Lipinski definition) is 3. The van der Waals surface area contributed by atoms with Gasteiger partial charge in [-0.05, 0) is 55.5 Å². The van der Waals surface area contributed by atoms with Gasteiger partial charge >= 0.3 is 0 Å². The van der Waals surface area contributed by atoms with E-state index < -0.39 is 0 Å². The fourth-order valence-corrected chi connectivity index (χ4v) is 2.61. The highest BCUT2D eigenvalue weighted by molar-refractivity contribution is 5.86. The SMILES string of the molecule is CCCN(CCN(C)C)Cc1cc2ccccc2cc1N. The Labute approximate surface area is 128 Å². The lowest BCUT2D eigenvalue weighted by Gasteiger charge is -2.24. The van der Waals surface area contributed by atoms with Gasteiger partial charge in [-0.25, -0.2) is 0 Å². The van der Waals surface area contributed by atoms with E-state index in [-0.39, 0.29) is 0 Å². The molecule has 2 rings (SSSR count). The van der Waals surface area contributed by atoms with Crippen LogP contribution in [-0.2, 0) is 6.54 Å². The zero-order chi connectivity index (χ0) is 15.2. The van der Waals surface area contributed by atoms with Gasteiger partial charge in [-0.1, -0.05) is 31.2 Å². The van der Waals surface area contributed by atoms with Gasteiger partial charge in [0.15, 0.2) is 0 Å². The van der Waals surface area contributed by atoms with Gasteiger partial charge in [0.2, 0.25) is 0 Å². The minimum atomic E-state index is 0.902. The molecule has 3 nitrogen and oxygen atoms in total. The molecule has 0 fully saturated rings. The monoisotopic (exact) mass is 285 g/mol. The fourth-order valence-electron chi connectivity index (χ4n) is 2.61. The third-order valence-electron chi connectivity index (χ3n) is 3.80. The molecule has 0 radical (unpaired) electrons. The zero-order valence-electron chi connectivity index (χ0n) is 13.5. The quantitative estimate of drug-likeness (QED) is 0.793. The van der Waals surface area contributed by atoms with Crippen LogP contribution in [0.15, 0.2) is 36.4 Å². The van der Waals surface area contributed by atoms with Crippen LogP contribution in [0.1, 0.15) is 18.9 Å². The van der Waals surface area contributed by atoms with Crippen LogP contribution in [0.25, 0.3) is 10.8 Å². The smallest absolute Gasteiger partial charge is 0.0366 e. The largest absolute Gasteiger partial charge is 0.398 e. The number of hydrogen-bond donors (Lipinski definition) is 1. The van der Waals surface area contributed by atoms with Crippen molar-refractivity contribution in [2.75, 3.05) is 39.5 Å². The van der Waals surface area contributed by atoms with Gasteiger partial charge in [-0.2, -0.15) is 0 Å². The second-order valence-electron chi connectivity index (χ2n) is 5.98. The molecular formula is C18H27N3. The molecule has 3 heteroatoms. The molecule has 2 aromatic rings. The summed E-state index contributed by atoms with van der Waals surface area (Å²) < 4.78 is 0. The summed E-state index contributed by atoms with van der Waals surface area (Å²) in [7, 11) is 4.24. The van der Waals surface area contributed by atoms with Crippen LogP contribution in [0.2, 0.25) is 0 Å². The fraction of sp³-hybridized carbons (Fsp3) is 0.444. The van der Waals surface area contributed by atoms with E-state index in [1.807, 2.05) is 0 Å². The van der Waals surface area contributed by atoms with E-state index in [4.69, 9.17) is 5.73 Å². The molecule has 21 heavy (non-hydrogen) atoms. The molecule has 2 aromatic carbocycles. The molecule has 2 N–H and O–H groups in total. The molecule has 114 valence electrons. The number of nitrogens with two attached hydrogens (primary N) is 1. The molecule has 0 aromatic heterocycles. The first-order valence-corrected chi connectivity index (χ1v) is 7.74. The summed E-state index contributed by atoms with van der Waals surface area (Å²) in [6.45, 7) is 6.42. The highest BCUT2D eigenvalue weighted by Crippen LogP contribution is 2.23. The lowest BCUT2D eigenvalue weighted by Crippen LogP contribution is -2.32. The van der Waals surface area contributed by atoms with Gasteiger partial charge in [0.25, 0.3) is 0 Å². The molecule has 0 atom stereocenters. The van der Waals surface area contributed by atoms with E-state index in [1.54, 1.807) is 0 Å². The highest BCUT2D eigenvalue weighted by Gasteiger charge is 2.09. The number of benzene rings is 2. The Hall–Kier alpha value is -1.58. The first kappa shape index (κ1) is 15.8. The molecule has 0 bridgehead atoms. The van der Waals surface area contributed by atoms with E-state index in [9.17, 15) is 0 Å². The maximum absolute atomic E-state index is 6.25.